The van der Waals surface area contributed by atoms with Crippen LogP contribution in [0.25, 0.3) is 11.3 Å². The number of carboxylic acids is 2. The predicted molar refractivity (Wildman–Crippen MR) is 115 cm³/mol. The van der Waals surface area contributed by atoms with Gasteiger partial charge in [-0.1, -0.05) is 24.3 Å². The molecule has 0 amide bonds. The molecule has 1 heterocycles. The molecule has 0 saturated heterocycles. The molecule has 192 valence electrons. The second-order valence-electron chi connectivity index (χ2n) is 7.91. The van der Waals surface area contributed by atoms with Crippen LogP contribution in [0.4, 0.5) is 32.0 Å². The van der Waals surface area contributed by atoms with Crippen LogP contribution in [0.1, 0.15) is 29.2 Å². The summed E-state index contributed by atoms with van der Waals surface area (Å²) in [6, 6.07) is 16.0. The maximum absolute atomic E-state index is 12.7. The van der Waals surface area contributed by atoms with Crippen LogP contribution >= 0.6 is 0 Å². The van der Waals surface area contributed by atoms with E-state index >= 15 is 0 Å². The van der Waals surface area contributed by atoms with Gasteiger partial charge in [0.2, 0.25) is 0 Å². The van der Waals surface area contributed by atoms with Crippen molar-refractivity contribution >= 4 is 17.6 Å². The van der Waals surface area contributed by atoms with Crippen molar-refractivity contribution in [2.24, 2.45) is 5.92 Å². The lowest BCUT2D eigenvalue weighted by Crippen LogP contribution is -2.21. The largest absolute Gasteiger partial charge is 0.490 e. The van der Waals surface area contributed by atoms with Gasteiger partial charge < -0.3 is 19.9 Å². The molecular weight excluding hydrogens is 496 g/mol. The van der Waals surface area contributed by atoms with Gasteiger partial charge in [0.05, 0.1) is 18.0 Å². The van der Waals surface area contributed by atoms with Crippen molar-refractivity contribution in [3.63, 3.8) is 0 Å². The highest BCUT2D eigenvalue weighted by atomic mass is 19.4. The number of hydrogen-bond donors (Lipinski definition) is 3. The number of furan rings is 1. The van der Waals surface area contributed by atoms with E-state index in [9.17, 15) is 31.1 Å². The summed E-state index contributed by atoms with van der Waals surface area (Å²) >= 11 is 0. The molecule has 12 heteroatoms. The summed E-state index contributed by atoms with van der Waals surface area (Å²) in [7, 11) is 0. The smallest absolute Gasteiger partial charge is 0.481 e. The number of hydrogen-bond acceptors (Lipinski definition) is 4. The van der Waals surface area contributed by atoms with Gasteiger partial charge in [0.15, 0.2) is 0 Å². The highest BCUT2D eigenvalue weighted by Gasteiger charge is 2.44. The molecule has 3 aromatic rings. The number of halogens is 6. The lowest BCUT2D eigenvalue weighted by Gasteiger charge is -2.07. The van der Waals surface area contributed by atoms with Gasteiger partial charge in [-0.15, -0.1) is 0 Å². The summed E-state index contributed by atoms with van der Waals surface area (Å²) in [6.07, 6.45) is -8.76. The quantitative estimate of drug-likeness (QED) is 0.329. The van der Waals surface area contributed by atoms with Gasteiger partial charge in [0.1, 0.15) is 11.5 Å². The van der Waals surface area contributed by atoms with Crippen LogP contribution in [0.2, 0.25) is 0 Å². The molecule has 1 aliphatic carbocycles. The number of aliphatic carboxylic acids is 2. The van der Waals surface area contributed by atoms with Gasteiger partial charge in [0, 0.05) is 11.3 Å². The predicted octanol–water partition coefficient (Wildman–Crippen LogP) is 6.40. The van der Waals surface area contributed by atoms with Crippen LogP contribution in [0.5, 0.6) is 0 Å². The van der Waals surface area contributed by atoms with Crippen molar-refractivity contribution < 1.29 is 50.6 Å². The second-order valence-corrected chi connectivity index (χ2v) is 7.91. The van der Waals surface area contributed by atoms with Crippen molar-refractivity contribution in [2.75, 3.05) is 5.32 Å². The van der Waals surface area contributed by atoms with Crippen molar-refractivity contribution in [3.05, 3.63) is 77.6 Å². The lowest BCUT2D eigenvalue weighted by molar-refractivity contribution is -0.192. The molecule has 1 unspecified atom stereocenters. The fraction of sp³-hybridized carbons (Fsp3) is 0.250. The molecule has 1 saturated carbocycles. The molecule has 36 heavy (non-hydrogen) atoms. The Balaban J connectivity index is 0.000000454. The zero-order valence-electron chi connectivity index (χ0n) is 18.2. The van der Waals surface area contributed by atoms with E-state index in [0.29, 0.717) is 30.0 Å². The standard InChI is InChI=1S/C22H18F3NO3.C2HF3O2/c23-22(24,25)15-5-1-14(2-6-15)20-10-9-17(29-20)12-26-16-7-3-13(4-8-16)18-11-19(18)21(27)28;3-2(4,5)1(6)7/h1-10,18-19,26H,11-12H2,(H,27,28);(H,6,7)/t18?,19-;/m0./s1. The van der Waals surface area contributed by atoms with Crippen molar-refractivity contribution in [2.45, 2.75) is 31.2 Å². The van der Waals surface area contributed by atoms with Gasteiger partial charge in [-0.3, -0.25) is 4.79 Å². The van der Waals surface area contributed by atoms with Crippen molar-refractivity contribution in [1.29, 1.82) is 0 Å². The Morgan fingerprint density at radius 3 is 1.94 bits per heavy atom. The van der Waals surface area contributed by atoms with Crippen molar-refractivity contribution in [1.82, 2.24) is 0 Å². The molecule has 6 nitrogen and oxygen atoms in total. The van der Waals surface area contributed by atoms with E-state index in [1.807, 2.05) is 24.3 Å². The molecule has 1 fully saturated rings. The molecule has 0 spiro atoms. The SMILES string of the molecule is O=C(O)C(F)(F)F.O=C(O)[C@H]1CC1c1ccc(NCc2ccc(-c3ccc(C(F)(F)F)cc3)o2)cc1. The third kappa shape index (κ3) is 7.03. The second kappa shape index (κ2) is 10.3. The Hall–Kier alpha value is -3.96. The maximum atomic E-state index is 12.7. The average Bonchev–Trinajstić information content (AvgIpc) is 3.48. The summed E-state index contributed by atoms with van der Waals surface area (Å²) in [5.41, 5.74) is 1.77. The Morgan fingerprint density at radius 2 is 1.47 bits per heavy atom. The first-order valence-electron chi connectivity index (χ1n) is 10.4. The molecule has 0 aliphatic heterocycles. The van der Waals surface area contributed by atoms with E-state index in [2.05, 4.69) is 5.32 Å². The summed E-state index contributed by atoms with van der Waals surface area (Å²) in [5.74, 6) is -2.54. The Labute approximate surface area is 200 Å². The van der Waals surface area contributed by atoms with Crippen LogP contribution < -0.4 is 5.32 Å². The molecule has 3 N–H and O–H groups in total. The van der Waals surface area contributed by atoms with E-state index in [1.54, 1.807) is 12.1 Å². The maximum Gasteiger partial charge on any atom is 0.490 e. The Kier molecular flexibility index (Phi) is 7.65. The number of rotatable bonds is 6. The lowest BCUT2D eigenvalue weighted by atomic mass is 10.1. The molecule has 4 rings (SSSR count). The zero-order chi connectivity index (χ0) is 26.7. The van der Waals surface area contributed by atoms with Crippen molar-refractivity contribution in [3.8, 4) is 11.3 Å². The summed E-state index contributed by atoms with van der Waals surface area (Å²) in [4.78, 5) is 19.9. The van der Waals surface area contributed by atoms with Gasteiger partial charge in [-0.2, -0.15) is 26.3 Å². The average molecular weight is 515 g/mol. The third-order valence-electron chi connectivity index (χ3n) is 5.31. The first kappa shape index (κ1) is 26.6. The molecule has 2 atom stereocenters. The first-order valence-corrected chi connectivity index (χ1v) is 10.4. The Bertz CT molecular complexity index is 1200. The fourth-order valence-corrected chi connectivity index (χ4v) is 3.33. The number of carbonyl (C=O) groups is 2. The van der Waals surface area contributed by atoms with E-state index < -0.39 is 29.9 Å². The van der Waals surface area contributed by atoms with Gasteiger partial charge >= 0.3 is 24.3 Å². The molecule has 2 aromatic carbocycles. The molecular formula is C24H19F6NO5. The fourth-order valence-electron chi connectivity index (χ4n) is 3.33. The number of carboxylic acid groups (broad SMARTS) is 2. The molecule has 1 aliphatic rings. The summed E-state index contributed by atoms with van der Waals surface area (Å²) < 4.78 is 75.4. The minimum absolute atomic E-state index is 0.0953. The monoisotopic (exact) mass is 515 g/mol. The topological polar surface area (TPSA) is 99.8 Å². The number of nitrogens with one attached hydrogen (secondary N) is 1. The Morgan fingerprint density at radius 1 is 0.889 bits per heavy atom. The molecule has 0 radical (unpaired) electrons. The van der Waals surface area contributed by atoms with E-state index in [1.165, 1.54) is 12.1 Å². The minimum atomic E-state index is -5.08. The molecule has 1 aromatic heterocycles. The highest BCUT2D eigenvalue weighted by molar-refractivity contribution is 5.75. The van der Waals surface area contributed by atoms with Crippen LogP contribution in [0, 0.1) is 5.92 Å². The van der Waals surface area contributed by atoms with Crippen LogP contribution in [-0.2, 0) is 22.3 Å². The minimum Gasteiger partial charge on any atom is -0.481 e. The van der Waals surface area contributed by atoms with Crippen LogP contribution in [0.3, 0.4) is 0 Å². The van der Waals surface area contributed by atoms with Gasteiger partial charge in [-0.25, -0.2) is 4.79 Å². The highest BCUT2D eigenvalue weighted by Crippen LogP contribution is 2.47. The van der Waals surface area contributed by atoms with E-state index in [4.69, 9.17) is 19.4 Å². The first-order chi connectivity index (χ1) is 16.8. The van der Waals surface area contributed by atoms with Gasteiger partial charge in [-0.05, 0) is 54.3 Å². The van der Waals surface area contributed by atoms with Crippen LogP contribution in [-0.4, -0.2) is 28.3 Å². The zero-order valence-corrected chi connectivity index (χ0v) is 18.2. The number of anilines is 1. The van der Waals surface area contributed by atoms with E-state index in [-0.39, 0.29) is 11.8 Å². The van der Waals surface area contributed by atoms with Crippen LogP contribution in [0.15, 0.2) is 65.1 Å². The third-order valence-corrected chi connectivity index (χ3v) is 5.31. The molecule has 0 bridgehead atoms. The van der Waals surface area contributed by atoms with Gasteiger partial charge in [0.25, 0.3) is 0 Å². The summed E-state index contributed by atoms with van der Waals surface area (Å²) in [5, 5.41) is 19.4. The number of alkyl halides is 6. The van der Waals surface area contributed by atoms with E-state index in [0.717, 1.165) is 23.4 Å². The number of benzene rings is 2. The normalized spacial score (nSPS) is 17.1. The summed E-state index contributed by atoms with van der Waals surface area (Å²) in [6.45, 7) is 0.418.